The summed E-state index contributed by atoms with van der Waals surface area (Å²) in [7, 11) is 0. The van der Waals surface area contributed by atoms with Crippen molar-refractivity contribution >= 4 is 17.9 Å². The van der Waals surface area contributed by atoms with E-state index in [0.29, 0.717) is 19.3 Å². The number of hydrogen-bond acceptors (Lipinski definition) is 6. The van der Waals surface area contributed by atoms with E-state index in [2.05, 4.69) is 106 Å². The Kier molecular flexibility index (Phi) is 51.4. The molecule has 0 aromatic rings. The molecule has 6 nitrogen and oxygen atoms in total. The van der Waals surface area contributed by atoms with Crippen LogP contribution in [0.2, 0.25) is 0 Å². The number of carbonyl (C=O) groups excluding carboxylic acids is 3. The van der Waals surface area contributed by atoms with Gasteiger partial charge in [0.15, 0.2) is 6.10 Å². The van der Waals surface area contributed by atoms with Crippen molar-refractivity contribution in [3.05, 3.63) is 85.1 Å². The summed E-state index contributed by atoms with van der Waals surface area (Å²) >= 11 is 0. The molecule has 0 saturated carbocycles. The van der Waals surface area contributed by atoms with E-state index in [9.17, 15) is 14.4 Å². The topological polar surface area (TPSA) is 78.9 Å². The molecular weight excluding hydrogens is 817 g/mol. The van der Waals surface area contributed by atoms with Gasteiger partial charge in [-0.15, -0.1) is 0 Å². The maximum absolute atomic E-state index is 12.7. The maximum Gasteiger partial charge on any atom is 0.306 e. The first kappa shape index (κ1) is 62.6. The monoisotopic (exact) mass is 919 g/mol. The van der Waals surface area contributed by atoms with Gasteiger partial charge in [-0.3, -0.25) is 14.4 Å². The van der Waals surface area contributed by atoms with E-state index in [4.69, 9.17) is 14.2 Å². The highest BCUT2D eigenvalue weighted by Crippen LogP contribution is 2.15. The van der Waals surface area contributed by atoms with Crippen LogP contribution in [0.5, 0.6) is 0 Å². The lowest BCUT2D eigenvalue weighted by atomic mass is 10.0. The molecule has 0 aliphatic carbocycles. The van der Waals surface area contributed by atoms with Crippen molar-refractivity contribution in [1.29, 1.82) is 0 Å². The lowest BCUT2D eigenvalue weighted by molar-refractivity contribution is -0.167. The van der Waals surface area contributed by atoms with Crippen molar-refractivity contribution in [3.8, 4) is 0 Å². The van der Waals surface area contributed by atoms with Gasteiger partial charge in [0.1, 0.15) is 13.2 Å². The minimum Gasteiger partial charge on any atom is -0.462 e. The van der Waals surface area contributed by atoms with Gasteiger partial charge in [0.2, 0.25) is 0 Å². The Balaban J connectivity index is 4.13. The third-order valence-electron chi connectivity index (χ3n) is 11.7. The van der Waals surface area contributed by atoms with Crippen molar-refractivity contribution < 1.29 is 28.6 Å². The number of esters is 3. The fraction of sp³-hybridized carbons (Fsp3) is 0.717. The van der Waals surface area contributed by atoms with Crippen molar-refractivity contribution in [2.75, 3.05) is 13.2 Å². The van der Waals surface area contributed by atoms with Crippen LogP contribution in [0.25, 0.3) is 0 Å². The van der Waals surface area contributed by atoms with Gasteiger partial charge in [-0.2, -0.15) is 0 Å². The molecule has 1 unspecified atom stereocenters. The molecule has 0 radical (unpaired) electrons. The van der Waals surface area contributed by atoms with Crippen LogP contribution in [-0.2, 0) is 28.6 Å². The fourth-order valence-corrected chi connectivity index (χ4v) is 7.54. The van der Waals surface area contributed by atoms with Gasteiger partial charge in [-0.05, 0) is 77.0 Å². The molecule has 0 bridgehead atoms. The van der Waals surface area contributed by atoms with Crippen LogP contribution in [0.3, 0.4) is 0 Å². The van der Waals surface area contributed by atoms with Gasteiger partial charge in [0.05, 0.1) is 0 Å². The van der Waals surface area contributed by atoms with E-state index in [-0.39, 0.29) is 31.1 Å². The van der Waals surface area contributed by atoms with Crippen LogP contribution in [0, 0.1) is 0 Å². The second-order valence-corrected chi connectivity index (χ2v) is 18.1. The number of unbranched alkanes of at least 4 members (excludes halogenated alkanes) is 24. The third kappa shape index (κ3) is 51.6. The van der Waals surface area contributed by atoms with Gasteiger partial charge in [-0.1, -0.05) is 247 Å². The molecule has 0 aromatic heterocycles. The van der Waals surface area contributed by atoms with Crippen LogP contribution in [0.1, 0.15) is 258 Å². The minimum absolute atomic E-state index is 0.0778. The van der Waals surface area contributed by atoms with Crippen molar-refractivity contribution in [3.63, 3.8) is 0 Å². The minimum atomic E-state index is -0.775. The Morgan fingerprint density at radius 1 is 0.318 bits per heavy atom. The molecule has 0 saturated heterocycles. The average Bonchev–Trinajstić information content (AvgIpc) is 3.31. The first-order valence-electron chi connectivity index (χ1n) is 27.6. The van der Waals surface area contributed by atoms with Crippen LogP contribution in [0.4, 0.5) is 0 Å². The summed E-state index contributed by atoms with van der Waals surface area (Å²) in [6.07, 6.45) is 70.3. The summed E-state index contributed by atoms with van der Waals surface area (Å²) in [5.74, 6) is -0.896. The molecule has 0 aromatic carbocycles. The smallest absolute Gasteiger partial charge is 0.306 e. The molecule has 0 spiro atoms. The normalized spacial score (nSPS) is 12.7. The van der Waals surface area contributed by atoms with Crippen molar-refractivity contribution in [2.24, 2.45) is 0 Å². The standard InChI is InChI=1S/C60H102O6/c1-4-7-10-13-16-18-20-22-23-24-25-26-27-28-29-30-31-32-33-34-35-36-37-39-40-42-44-47-50-53-59(62)65-56-57(55-64-58(61)52-49-46-15-12-9-6-3)66-60(63)54-51-48-45-43-41-38-21-19-17-14-11-8-5-2/h7,10,16,18,22-23,25-26,28-29,31-32,34-35,57H,4-6,8-9,11-15,17,19-21,24,27,30,33,36-56H2,1-3H3/b10-7-,18-16-,23-22-,26-25-,29-28-,32-31-,35-34-. The summed E-state index contributed by atoms with van der Waals surface area (Å²) < 4.78 is 16.7. The van der Waals surface area contributed by atoms with E-state index in [1.807, 2.05) is 0 Å². The van der Waals surface area contributed by atoms with E-state index < -0.39 is 6.10 Å². The molecule has 66 heavy (non-hydrogen) atoms. The highest BCUT2D eigenvalue weighted by molar-refractivity contribution is 5.71. The van der Waals surface area contributed by atoms with Gasteiger partial charge in [-0.25, -0.2) is 0 Å². The molecular formula is C60H102O6. The zero-order valence-corrected chi connectivity index (χ0v) is 43.2. The molecule has 0 amide bonds. The summed E-state index contributed by atoms with van der Waals surface area (Å²) in [6.45, 7) is 6.46. The number of hydrogen-bond donors (Lipinski definition) is 0. The van der Waals surface area contributed by atoms with Crippen LogP contribution in [-0.4, -0.2) is 37.2 Å². The molecule has 378 valence electrons. The molecule has 0 aliphatic heterocycles. The fourth-order valence-electron chi connectivity index (χ4n) is 7.54. The molecule has 1 atom stereocenters. The Labute approximate surface area is 407 Å². The number of ether oxygens (including phenoxy) is 3. The number of allylic oxidation sites excluding steroid dienone is 14. The van der Waals surface area contributed by atoms with Crippen molar-refractivity contribution in [1.82, 2.24) is 0 Å². The summed E-state index contributed by atoms with van der Waals surface area (Å²) in [6, 6.07) is 0. The second kappa shape index (κ2) is 54.2. The Morgan fingerprint density at radius 3 is 0.924 bits per heavy atom. The average molecular weight is 919 g/mol. The SMILES string of the molecule is CC/C=C\C/C=C\C/C=C\C/C=C\C/C=C\C/C=C\C/C=C\CCCCCCCCCC(=O)OCC(COC(=O)CCCCCCCC)OC(=O)CCCCCCCCCCCCCCC. The van der Waals surface area contributed by atoms with E-state index in [1.54, 1.807) is 0 Å². The zero-order chi connectivity index (χ0) is 47.9. The van der Waals surface area contributed by atoms with Crippen LogP contribution >= 0.6 is 0 Å². The number of rotatable bonds is 49. The second-order valence-electron chi connectivity index (χ2n) is 18.1. The summed E-state index contributed by atoms with van der Waals surface area (Å²) in [5.41, 5.74) is 0. The first-order chi connectivity index (χ1) is 32.5. The molecule has 0 aliphatic rings. The molecule has 0 fully saturated rings. The van der Waals surface area contributed by atoms with Crippen LogP contribution < -0.4 is 0 Å². The quantitative estimate of drug-likeness (QED) is 0.0262. The van der Waals surface area contributed by atoms with Crippen LogP contribution in [0.15, 0.2) is 85.1 Å². The lowest BCUT2D eigenvalue weighted by Crippen LogP contribution is -2.30. The van der Waals surface area contributed by atoms with Gasteiger partial charge in [0, 0.05) is 19.3 Å². The summed E-state index contributed by atoms with van der Waals surface area (Å²) in [4.78, 5) is 37.8. The number of carbonyl (C=O) groups is 3. The Morgan fingerprint density at radius 2 is 0.591 bits per heavy atom. The molecule has 0 heterocycles. The highest BCUT2D eigenvalue weighted by Gasteiger charge is 2.19. The Hall–Kier alpha value is -3.41. The van der Waals surface area contributed by atoms with Gasteiger partial charge < -0.3 is 14.2 Å². The highest BCUT2D eigenvalue weighted by atomic mass is 16.6. The Bertz CT molecular complexity index is 1290. The van der Waals surface area contributed by atoms with Gasteiger partial charge in [0.25, 0.3) is 0 Å². The molecule has 6 heteroatoms. The lowest BCUT2D eigenvalue weighted by Gasteiger charge is -2.18. The van der Waals surface area contributed by atoms with E-state index >= 15 is 0 Å². The summed E-state index contributed by atoms with van der Waals surface area (Å²) in [5, 5.41) is 0. The largest absolute Gasteiger partial charge is 0.462 e. The van der Waals surface area contributed by atoms with Crippen molar-refractivity contribution in [2.45, 2.75) is 264 Å². The van der Waals surface area contributed by atoms with E-state index in [1.165, 1.54) is 109 Å². The van der Waals surface area contributed by atoms with E-state index in [0.717, 1.165) is 109 Å². The predicted octanol–water partition coefficient (Wildman–Crippen LogP) is 18.4. The predicted molar refractivity (Wildman–Crippen MR) is 284 cm³/mol. The third-order valence-corrected chi connectivity index (χ3v) is 11.7. The van der Waals surface area contributed by atoms with Gasteiger partial charge >= 0.3 is 17.9 Å². The zero-order valence-electron chi connectivity index (χ0n) is 43.2. The first-order valence-corrected chi connectivity index (χ1v) is 27.6. The molecule has 0 N–H and O–H groups in total. The molecule has 0 rings (SSSR count). The maximum atomic E-state index is 12.7.